The molecule has 0 aromatic carbocycles. The average Bonchev–Trinajstić information content (AvgIpc) is 2.23. The van der Waals surface area contributed by atoms with E-state index in [2.05, 4.69) is 11.9 Å². The molecule has 0 rings (SSSR count). The Bertz CT molecular complexity index is 294. The molecule has 1 N–H and O–H groups in total. The molecular formula is C13H23NO4. The number of nitrogens with one attached hydrogen (secondary N) is 1. The molecular weight excluding hydrogens is 234 g/mol. The van der Waals surface area contributed by atoms with Crippen LogP contribution in [0.25, 0.3) is 0 Å². The molecule has 0 spiro atoms. The highest BCUT2D eigenvalue weighted by Gasteiger charge is 2.22. The van der Waals surface area contributed by atoms with E-state index in [1.807, 2.05) is 6.92 Å². The summed E-state index contributed by atoms with van der Waals surface area (Å²) in [7, 11) is 0. The largest absolute Gasteiger partial charge is 0.444 e. The van der Waals surface area contributed by atoms with Crippen molar-refractivity contribution in [2.24, 2.45) is 0 Å². The molecule has 0 saturated heterocycles. The number of amides is 1. The Morgan fingerprint density at radius 1 is 1.39 bits per heavy atom. The summed E-state index contributed by atoms with van der Waals surface area (Å²) >= 11 is 0. The normalized spacial score (nSPS) is 12.7. The first-order valence-corrected chi connectivity index (χ1v) is 6.01. The Morgan fingerprint density at radius 3 is 2.44 bits per heavy atom. The third-order valence-corrected chi connectivity index (χ3v) is 1.97. The van der Waals surface area contributed by atoms with Gasteiger partial charge in [-0.15, -0.1) is 6.58 Å². The molecule has 0 aliphatic carbocycles. The number of carbonyl (C=O) groups excluding carboxylic acids is 2. The first-order chi connectivity index (χ1) is 8.30. The zero-order valence-electron chi connectivity index (χ0n) is 11.6. The number of hydrogen-bond acceptors (Lipinski definition) is 4. The standard InChI is InChI=1S/C13H23NO4/c1-6-8-17-9-11(15)10(7-2)14-12(16)18-13(3,4)5/h6,10H,1,7-9H2,2-5H3,(H,14,16). The van der Waals surface area contributed by atoms with E-state index in [0.29, 0.717) is 13.0 Å². The Kier molecular flexibility index (Phi) is 7.27. The summed E-state index contributed by atoms with van der Waals surface area (Å²) in [5.74, 6) is -0.176. The molecule has 1 atom stereocenters. The van der Waals surface area contributed by atoms with Crippen LogP contribution in [0, 0.1) is 0 Å². The van der Waals surface area contributed by atoms with Crippen LogP contribution in [0.5, 0.6) is 0 Å². The third kappa shape index (κ3) is 7.84. The van der Waals surface area contributed by atoms with Crippen LogP contribution >= 0.6 is 0 Å². The van der Waals surface area contributed by atoms with E-state index in [4.69, 9.17) is 9.47 Å². The van der Waals surface area contributed by atoms with Crippen molar-refractivity contribution in [2.75, 3.05) is 13.2 Å². The Balaban J connectivity index is 4.20. The van der Waals surface area contributed by atoms with Crippen LogP contribution in [0.15, 0.2) is 12.7 Å². The molecule has 0 aliphatic heterocycles. The van der Waals surface area contributed by atoms with E-state index >= 15 is 0 Å². The summed E-state index contributed by atoms with van der Waals surface area (Å²) in [6.45, 7) is 10.9. The van der Waals surface area contributed by atoms with Crippen LogP contribution in [0.2, 0.25) is 0 Å². The van der Waals surface area contributed by atoms with Gasteiger partial charge in [0.25, 0.3) is 0 Å². The molecule has 0 fully saturated rings. The second kappa shape index (κ2) is 7.87. The van der Waals surface area contributed by atoms with E-state index in [0.717, 1.165) is 0 Å². The summed E-state index contributed by atoms with van der Waals surface area (Å²) < 4.78 is 10.1. The molecule has 0 radical (unpaired) electrons. The molecule has 0 aromatic heterocycles. The van der Waals surface area contributed by atoms with Crippen molar-refractivity contribution < 1.29 is 19.1 Å². The number of rotatable bonds is 7. The van der Waals surface area contributed by atoms with Crippen molar-refractivity contribution in [1.29, 1.82) is 0 Å². The minimum atomic E-state index is -0.591. The summed E-state index contributed by atoms with van der Waals surface area (Å²) in [5.41, 5.74) is -0.579. The maximum Gasteiger partial charge on any atom is 0.408 e. The SMILES string of the molecule is C=CCOCC(=O)C(CC)NC(=O)OC(C)(C)C. The lowest BCUT2D eigenvalue weighted by molar-refractivity contribution is -0.125. The van der Waals surface area contributed by atoms with E-state index in [-0.39, 0.29) is 12.4 Å². The quantitative estimate of drug-likeness (QED) is 0.560. The molecule has 0 saturated carbocycles. The Hall–Kier alpha value is -1.36. The predicted molar refractivity (Wildman–Crippen MR) is 69.5 cm³/mol. The van der Waals surface area contributed by atoms with Crippen molar-refractivity contribution in [3.8, 4) is 0 Å². The molecule has 1 unspecified atom stereocenters. The maximum atomic E-state index is 11.7. The third-order valence-electron chi connectivity index (χ3n) is 1.97. The van der Waals surface area contributed by atoms with Gasteiger partial charge < -0.3 is 14.8 Å². The summed E-state index contributed by atoms with van der Waals surface area (Å²) in [4.78, 5) is 23.2. The lowest BCUT2D eigenvalue weighted by Gasteiger charge is -2.22. The summed E-state index contributed by atoms with van der Waals surface area (Å²) in [5, 5.41) is 2.53. The highest BCUT2D eigenvalue weighted by atomic mass is 16.6. The average molecular weight is 257 g/mol. The maximum absolute atomic E-state index is 11.7. The van der Waals surface area contributed by atoms with Gasteiger partial charge in [-0.3, -0.25) is 4.79 Å². The fraction of sp³-hybridized carbons (Fsp3) is 0.692. The van der Waals surface area contributed by atoms with Crippen molar-refractivity contribution >= 4 is 11.9 Å². The van der Waals surface area contributed by atoms with Crippen LogP contribution in [-0.4, -0.2) is 36.7 Å². The van der Waals surface area contributed by atoms with Gasteiger partial charge in [-0.05, 0) is 27.2 Å². The molecule has 5 nitrogen and oxygen atoms in total. The highest BCUT2D eigenvalue weighted by Crippen LogP contribution is 2.07. The minimum absolute atomic E-state index is 0.0413. The van der Waals surface area contributed by atoms with Crippen LogP contribution in [-0.2, 0) is 14.3 Å². The van der Waals surface area contributed by atoms with E-state index in [1.54, 1.807) is 26.8 Å². The molecule has 5 heteroatoms. The zero-order chi connectivity index (χ0) is 14.2. The number of hydrogen-bond donors (Lipinski definition) is 1. The van der Waals surface area contributed by atoms with Crippen molar-refractivity contribution in [2.45, 2.75) is 45.8 Å². The van der Waals surface area contributed by atoms with Crippen LogP contribution in [0.4, 0.5) is 4.79 Å². The number of ketones is 1. The molecule has 0 bridgehead atoms. The first kappa shape index (κ1) is 16.6. The van der Waals surface area contributed by atoms with Gasteiger partial charge in [-0.1, -0.05) is 13.0 Å². The monoisotopic (exact) mass is 257 g/mol. The van der Waals surface area contributed by atoms with Crippen LogP contribution in [0.3, 0.4) is 0 Å². The molecule has 1 amide bonds. The van der Waals surface area contributed by atoms with Gasteiger partial charge >= 0.3 is 6.09 Å². The lowest BCUT2D eigenvalue weighted by Crippen LogP contribution is -2.44. The number of ether oxygens (including phenoxy) is 2. The predicted octanol–water partition coefficient (Wildman–Crippen LogP) is 2.06. The fourth-order valence-electron chi connectivity index (χ4n) is 1.20. The van der Waals surface area contributed by atoms with E-state index < -0.39 is 17.7 Å². The second-order valence-corrected chi connectivity index (χ2v) is 4.88. The van der Waals surface area contributed by atoms with Gasteiger partial charge in [-0.2, -0.15) is 0 Å². The van der Waals surface area contributed by atoms with Crippen molar-refractivity contribution in [3.63, 3.8) is 0 Å². The lowest BCUT2D eigenvalue weighted by atomic mass is 10.1. The van der Waals surface area contributed by atoms with Gasteiger partial charge in [0.05, 0.1) is 12.6 Å². The van der Waals surface area contributed by atoms with E-state index in [1.165, 1.54) is 0 Å². The Labute approximate surface area is 109 Å². The highest BCUT2D eigenvalue weighted by molar-refractivity contribution is 5.88. The van der Waals surface area contributed by atoms with Gasteiger partial charge in [0.2, 0.25) is 0 Å². The van der Waals surface area contributed by atoms with Gasteiger partial charge in [-0.25, -0.2) is 4.79 Å². The van der Waals surface area contributed by atoms with Crippen LogP contribution in [0.1, 0.15) is 34.1 Å². The fourth-order valence-corrected chi connectivity index (χ4v) is 1.20. The Morgan fingerprint density at radius 2 is 2.00 bits per heavy atom. The molecule has 0 heterocycles. The van der Waals surface area contributed by atoms with Crippen LogP contribution < -0.4 is 5.32 Å². The van der Waals surface area contributed by atoms with E-state index in [9.17, 15) is 9.59 Å². The number of carbonyl (C=O) groups is 2. The summed E-state index contributed by atoms with van der Waals surface area (Å²) in [6, 6.07) is -0.579. The topological polar surface area (TPSA) is 64.6 Å². The smallest absolute Gasteiger partial charge is 0.408 e. The molecule has 104 valence electrons. The molecule has 0 aromatic rings. The molecule has 18 heavy (non-hydrogen) atoms. The van der Waals surface area contributed by atoms with Crippen molar-refractivity contribution in [1.82, 2.24) is 5.32 Å². The van der Waals surface area contributed by atoms with Crippen molar-refractivity contribution in [3.05, 3.63) is 12.7 Å². The summed E-state index contributed by atoms with van der Waals surface area (Å²) in [6.07, 6.45) is 1.47. The second-order valence-electron chi connectivity index (χ2n) is 4.88. The van der Waals surface area contributed by atoms with Gasteiger partial charge in [0.15, 0.2) is 5.78 Å². The van der Waals surface area contributed by atoms with Gasteiger partial charge in [0.1, 0.15) is 12.2 Å². The first-order valence-electron chi connectivity index (χ1n) is 6.01. The minimum Gasteiger partial charge on any atom is -0.444 e. The molecule has 0 aliphatic rings. The van der Waals surface area contributed by atoms with Gasteiger partial charge in [0, 0.05) is 0 Å². The number of Topliss-reactive ketones (excluding diaryl/α,β-unsaturated/α-hetero) is 1. The number of alkyl carbamates (subject to hydrolysis) is 1. The zero-order valence-corrected chi connectivity index (χ0v) is 11.6.